The third kappa shape index (κ3) is 4.01. The Morgan fingerprint density at radius 1 is 1.14 bits per heavy atom. The molecular weight excluding hydrogens is 360 g/mol. The molecule has 1 aliphatic heterocycles. The summed E-state index contributed by atoms with van der Waals surface area (Å²) in [5.41, 5.74) is 1.93. The number of fused-ring (bicyclic) bond motifs is 1. The average molecular weight is 378 g/mol. The summed E-state index contributed by atoms with van der Waals surface area (Å²) in [7, 11) is 0. The number of carbonyl (C=O) groups excluding carboxylic acids is 1. The molecule has 8 nitrogen and oxygen atoms in total. The van der Waals surface area contributed by atoms with Gasteiger partial charge in [-0.05, 0) is 36.8 Å². The number of amides is 1. The van der Waals surface area contributed by atoms with Crippen molar-refractivity contribution in [3.8, 4) is 22.8 Å². The van der Waals surface area contributed by atoms with Crippen molar-refractivity contribution in [1.82, 2.24) is 14.8 Å². The normalized spacial score (nSPS) is 12.0. The molecule has 142 valence electrons. The van der Waals surface area contributed by atoms with Gasteiger partial charge in [0.2, 0.25) is 12.7 Å². The highest BCUT2D eigenvalue weighted by Crippen LogP contribution is 2.34. The van der Waals surface area contributed by atoms with Gasteiger partial charge in [0.25, 0.3) is 5.56 Å². The van der Waals surface area contributed by atoms with Crippen molar-refractivity contribution in [2.45, 2.75) is 19.4 Å². The molecule has 0 atom stereocenters. The molecule has 1 amide bonds. The molecule has 1 aromatic carbocycles. The summed E-state index contributed by atoms with van der Waals surface area (Å²) in [6.45, 7) is 0.536. The van der Waals surface area contributed by atoms with Crippen LogP contribution in [0.2, 0.25) is 0 Å². The minimum absolute atomic E-state index is 0.143. The summed E-state index contributed by atoms with van der Waals surface area (Å²) in [4.78, 5) is 28.3. The smallest absolute Gasteiger partial charge is 0.266 e. The molecular formula is C20H18N4O4. The van der Waals surface area contributed by atoms with Crippen molar-refractivity contribution in [3.05, 3.63) is 65.2 Å². The molecule has 0 saturated heterocycles. The van der Waals surface area contributed by atoms with Gasteiger partial charge in [-0.25, -0.2) is 4.68 Å². The van der Waals surface area contributed by atoms with Gasteiger partial charge >= 0.3 is 0 Å². The Hall–Kier alpha value is -3.68. The largest absolute Gasteiger partial charge is 0.454 e. The van der Waals surface area contributed by atoms with Crippen LogP contribution in [0.1, 0.15) is 12.8 Å². The number of nitrogens with zero attached hydrogens (tertiary/aromatic N) is 3. The van der Waals surface area contributed by atoms with E-state index in [-0.39, 0.29) is 24.7 Å². The SMILES string of the molecule is O=C(CCCn1nc(-c2cccnc2)ccc1=O)Nc1ccc2c(c1)OCO2. The van der Waals surface area contributed by atoms with Crippen LogP contribution in [-0.4, -0.2) is 27.5 Å². The van der Waals surface area contributed by atoms with Crippen LogP contribution in [-0.2, 0) is 11.3 Å². The lowest BCUT2D eigenvalue weighted by Gasteiger charge is -2.08. The molecule has 3 aromatic rings. The maximum Gasteiger partial charge on any atom is 0.266 e. The Kier molecular flexibility index (Phi) is 5.01. The van der Waals surface area contributed by atoms with Crippen LogP contribution in [0.3, 0.4) is 0 Å². The Labute approximate surface area is 160 Å². The van der Waals surface area contributed by atoms with E-state index in [4.69, 9.17) is 9.47 Å². The first-order valence-corrected chi connectivity index (χ1v) is 8.87. The highest BCUT2D eigenvalue weighted by molar-refractivity contribution is 5.91. The van der Waals surface area contributed by atoms with Crippen LogP contribution in [0, 0.1) is 0 Å². The van der Waals surface area contributed by atoms with Crippen LogP contribution < -0.4 is 20.3 Å². The molecule has 0 aliphatic carbocycles. The fourth-order valence-electron chi connectivity index (χ4n) is 2.86. The third-order valence-corrected chi connectivity index (χ3v) is 4.25. The van der Waals surface area contributed by atoms with E-state index in [1.807, 2.05) is 12.1 Å². The number of hydrogen-bond donors (Lipinski definition) is 1. The Morgan fingerprint density at radius 3 is 2.89 bits per heavy atom. The van der Waals surface area contributed by atoms with E-state index in [2.05, 4.69) is 15.4 Å². The van der Waals surface area contributed by atoms with E-state index in [9.17, 15) is 9.59 Å². The Morgan fingerprint density at radius 2 is 2.04 bits per heavy atom. The molecule has 0 radical (unpaired) electrons. The van der Waals surface area contributed by atoms with Gasteiger partial charge in [0.05, 0.1) is 5.69 Å². The first-order valence-electron chi connectivity index (χ1n) is 8.87. The lowest BCUT2D eigenvalue weighted by molar-refractivity contribution is -0.116. The quantitative estimate of drug-likeness (QED) is 0.708. The number of aromatic nitrogens is 3. The molecule has 28 heavy (non-hydrogen) atoms. The first kappa shape index (κ1) is 17.7. The summed E-state index contributed by atoms with van der Waals surface area (Å²) in [6.07, 6.45) is 4.12. The van der Waals surface area contributed by atoms with Crippen molar-refractivity contribution >= 4 is 11.6 Å². The molecule has 1 N–H and O–H groups in total. The second-order valence-corrected chi connectivity index (χ2v) is 6.24. The zero-order chi connectivity index (χ0) is 19.3. The highest BCUT2D eigenvalue weighted by atomic mass is 16.7. The van der Waals surface area contributed by atoms with Crippen molar-refractivity contribution in [2.75, 3.05) is 12.1 Å². The van der Waals surface area contributed by atoms with Crippen LogP contribution in [0.5, 0.6) is 11.5 Å². The number of hydrogen-bond acceptors (Lipinski definition) is 6. The molecule has 0 saturated carbocycles. The molecule has 0 bridgehead atoms. The summed E-state index contributed by atoms with van der Waals surface area (Å²) in [6, 6.07) is 12.1. The van der Waals surface area contributed by atoms with E-state index in [1.54, 1.807) is 36.7 Å². The zero-order valence-electron chi connectivity index (χ0n) is 15.0. The van der Waals surface area contributed by atoms with Crippen molar-refractivity contribution in [2.24, 2.45) is 0 Å². The van der Waals surface area contributed by atoms with E-state index >= 15 is 0 Å². The maximum absolute atomic E-state index is 12.2. The molecule has 0 spiro atoms. The number of ether oxygens (including phenoxy) is 2. The van der Waals surface area contributed by atoms with Gasteiger partial charge in [0, 0.05) is 48.7 Å². The number of rotatable bonds is 6. The third-order valence-electron chi connectivity index (χ3n) is 4.25. The number of pyridine rings is 1. The van der Waals surface area contributed by atoms with Crippen LogP contribution >= 0.6 is 0 Å². The summed E-state index contributed by atoms with van der Waals surface area (Å²) in [5, 5.41) is 7.18. The molecule has 0 fully saturated rings. The van der Waals surface area contributed by atoms with Crippen LogP contribution in [0.4, 0.5) is 5.69 Å². The predicted octanol–water partition coefficient (Wildman–Crippen LogP) is 2.45. The van der Waals surface area contributed by atoms with Gasteiger partial charge < -0.3 is 14.8 Å². The van der Waals surface area contributed by atoms with Gasteiger partial charge in [-0.2, -0.15) is 5.10 Å². The molecule has 8 heteroatoms. The monoisotopic (exact) mass is 378 g/mol. The average Bonchev–Trinajstić information content (AvgIpc) is 3.18. The van der Waals surface area contributed by atoms with E-state index in [0.717, 1.165) is 5.56 Å². The number of benzene rings is 1. The topological polar surface area (TPSA) is 95.3 Å². The first-order chi connectivity index (χ1) is 13.7. The van der Waals surface area contributed by atoms with Gasteiger partial charge in [-0.3, -0.25) is 14.6 Å². The Balaban J connectivity index is 1.34. The van der Waals surface area contributed by atoms with Crippen molar-refractivity contribution in [3.63, 3.8) is 0 Å². The number of nitrogens with one attached hydrogen (secondary N) is 1. The van der Waals surface area contributed by atoms with E-state index in [0.29, 0.717) is 35.8 Å². The second kappa shape index (κ2) is 7.91. The molecule has 4 rings (SSSR count). The number of aryl methyl sites for hydroxylation is 1. The highest BCUT2D eigenvalue weighted by Gasteiger charge is 2.14. The lowest BCUT2D eigenvalue weighted by Crippen LogP contribution is -2.23. The maximum atomic E-state index is 12.2. The van der Waals surface area contributed by atoms with Gasteiger partial charge in [0.15, 0.2) is 11.5 Å². The number of anilines is 1. The van der Waals surface area contributed by atoms with Gasteiger partial charge in [0.1, 0.15) is 0 Å². The fourth-order valence-corrected chi connectivity index (χ4v) is 2.86. The van der Waals surface area contributed by atoms with Crippen LogP contribution in [0.15, 0.2) is 59.7 Å². The van der Waals surface area contributed by atoms with Gasteiger partial charge in [-0.1, -0.05) is 0 Å². The zero-order valence-corrected chi connectivity index (χ0v) is 15.0. The standard InChI is InChI=1S/C20H18N4O4/c25-19(22-15-5-7-17-18(11-15)28-13-27-17)4-2-10-24-20(26)8-6-16(23-24)14-3-1-9-21-12-14/h1,3,5-9,11-12H,2,4,10,13H2,(H,22,25). The number of carbonyl (C=O) groups is 1. The van der Waals surface area contributed by atoms with Crippen LogP contribution in [0.25, 0.3) is 11.3 Å². The molecule has 3 heterocycles. The minimum Gasteiger partial charge on any atom is -0.454 e. The van der Waals surface area contributed by atoms with Crippen molar-refractivity contribution < 1.29 is 14.3 Å². The molecule has 2 aromatic heterocycles. The van der Waals surface area contributed by atoms with E-state index in [1.165, 1.54) is 10.7 Å². The summed E-state index contributed by atoms with van der Waals surface area (Å²) < 4.78 is 11.9. The molecule has 0 unspecified atom stereocenters. The Bertz CT molecular complexity index is 1050. The fraction of sp³-hybridized carbons (Fsp3) is 0.200. The summed E-state index contributed by atoms with van der Waals surface area (Å²) >= 11 is 0. The predicted molar refractivity (Wildman–Crippen MR) is 102 cm³/mol. The minimum atomic E-state index is -0.205. The second-order valence-electron chi connectivity index (χ2n) is 6.24. The van der Waals surface area contributed by atoms with Gasteiger partial charge in [-0.15, -0.1) is 0 Å². The summed E-state index contributed by atoms with van der Waals surface area (Å²) in [5.74, 6) is 1.13. The molecule has 1 aliphatic rings. The lowest BCUT2D eigenvalue weighted by atomic mass is 10.2. The van der Waals surface area contributed by atoms with Crippen molar-refractivity contribution in [1.29, 1.82) is 0 Å². The van der Waals surface area contributed by atoms with E-state index < -0.39 is 0 Å².